The van der Waals surface area contributed by atoms with Gasteiger partial charge in [-0.1, -0.05) is 11.6 Å². The van der Waals surface area contributed by atoms with Crippen LogP contribution in [-0.4, -0.2) is 24.6 Å². The summed E-state index contributed by atoms with van der Waals surface area (Å²) in [6.07, 6.45) is 1.42. The Bertz CT molecular complexity index is 319. The minimum atomic E-state index is -0.430. The molecule has 1 atom stereocenters. The van der Waals surface area contributed by atoms with Crippen LogP contribution < -0.4 is 10.6 Å². The van der Waals surface area contributed by atoms with E-state index in [1.807, 2.05) is 6.92 Å². The second-order valence-electron chi connectivity index (χ2n) is 3.15. The van der Waals surface area contributed by atoms with Crippen LogP contribution in [0, 0.1) is 5.82 Å². The SMILES string of the molecule is CC(CN)N(C)c1ncc(Cl)cc1F. The molecule has 0 saturated carbocycles. The maximum Gasteiger partial charge on any atom is 0.167 e. The molecular weight excluding hydrogens is 205 g/mol. The number of pyridine rings is 1. The van der Waals surface area contributed by atoms with Gasteiger partial charge in [-0.15, -0.1) is 0 Å². The minimum Gasteiger partial charge on any atom is -0.353 e. The summed E-state index contributed by atoms with van der Waals surface area (Å²) in [5.74, 6) is -0.160. The molecule has 0 spiro atoms. The average Bonchev–Trinajstić information content (AvgIpc) is 2.15. The second kappa shape index (κ2) is 4.57. The molecule has 1 aromatic heterocycles. The first-order chi connectivity index (χ1) is 6.56. The van der Waals surface area contributed by atoms with E-state index < -0.39 is 5.82 Å². The first kappa shape index (κ1) is 11.2. The van der Waals surface area contributed by atoms with E-state index in [1.165, 1.54) is 12.3 Å². The van der Waals surface area contributed by atoms with Gasteiger partial charge in [0.1, 0.15) is 0 Å². The summed E-state index contributed by atoms with van der Waals surface area (Å²) in [7, 11) is 1.75. The van der Waals surface area contributed by atoms with Crippen molar-refractivity contribution in [3.63, 3.8) is 0 Å². The van der Waals surface area contributed by atoms with Crippen molar-refractivity contribution in [1.82, 2.24) is 4.98 Å². The van der Waals surface area contributed by atoms with E-state index in [9.17, 15) is 4.39 Å². The zero-order chi connectivity index (χ0) is 10.7. The molecule has 1 unspecified atom stereocenters. The number of anilines is 1. The Hall–Kier alpha value is -0.870. The van der Waals surface area contributed by atoms with Gasteiger partial charge >= 0.3 is 0 Å². The Balaban J connectivity index is 2.95. The maximum absolute atomic E-state index is 13.4. The van der Waals surface area contributed by atoms with Gasteiger partial charge in [-0.3, -0.25) is 0 Å². The molecular formula is C9H13ClFN3. The number of hydrogen-bond donors (Lipinski definition) is 1. The number of rotatable bonds is 3. The monoisotopic (exact) mass is 217 g/mol. The van der Waals surface area contributed by atoms with E-state index in [-0.39, 0.29) is 11.9 Å². The molecule has 1 heterocycles. The summed E-state index contributed by atoms with van der Waals surface area (Å²) in [6.45, 7) is 2.34. The van der Waals surface area contributed by atoms with Gasteiger partial charge in [-0.2, -0.15) is 0 Å². The molecule has 0 bridgehead atoms. The zero-order valence-electron chi connectivity index (χ0n) is 8.17. The Morgan fingerprint density at radius 1 is 1.71 bits per heavy atom. The van der Waals surface area contributed by atoms with E-state index in [1.54, 1.807) is 11.9 Å². The Morgan fingerprint density at radius 2 is 2.36 bits per heavy atom. The summed E-state index contributed by atoms with van der Waals surface area (Å²) in [5, 5.41) is 0.292. The Kier molecular flexibility index (Phi) is 3.66. The van der Waals surface area contributed by atoms with Crippen molar-refractivity contribution in [3.05, 3.63) is 23.1 Å². The summed E-state index contributed by atoms with van der Waals surface area (Å²) >= 11 is 5.59. The number of likely N-dealkylation sites (N-methyl/N-ethyl adjacent to an activating group) is 1. The van der Waals surface area contributed by atoms with Crippen molar-refractivity contribution in [2.75, 3.05) is 18.5 Å². The van der Waals surface area contributed by atoms with E-state index >= 15 is 0 Å². The first-order valence-corrected chi connectivity index (χ1v) is 4.68. The van der Waals surface area contributed by atoms with Gasteiger partial charge in [0.25, 0.3) is 0 Å². The largest absolute Gasteiger partial charge is 0.353 e. The number of nitrogens with two attached hydrogens (primary N) is 1. The highest BCUT2D eigenvalue weighted by molar-refractivity contribution is 6.30. The highest BCUT2D eigenvalue weighted by Crippen LogP contribution is 2.19. The third-order valence-corrected chi connectivity index (χ3v) is 2.33. The van der Waals surface area contributed by atoms with Gasteiger partial charge in [0, 0.05) is 25.8 Å². The Morgan fingerprint density at radius 3 is 2.86 bits per heavy atom. The van der Waals surface area contributed by atoms with Crippen LogP contribution in [0.3, 0.4) is 0 Å². The van der Waals surface area contributed by atoms with Crippen LogP contribution in [0.25, 0.3) is 0 Å². The lowest BCUT2D eigenvalue weighted by atomic mass is 10.3. The van der Waals surface area contributed by atoms with Gasteiger partial charge in [0.2, 0.25) is 0 Å². The number of hydrogen-bond acceptors (Lipinski definition) is 3. The third kappa shape index (κ3) is 2.33. The van der Waals surface area contributed by atoms with Gasteiger partial charge in [0.05, 0.1) is 5.02 Å². The first-order valence-electron chi connectivity index (χ1n) is 4.30. The maximum atomic E-state index is 13.4. The summed E-state index contributed by atoms with van der Waals surface area (Å²) < 4.78 is 13.4. The zero-order valence-corrected chi connectivity index (χ0v) is 8.92. The van der Waals surface area contributed by atoms with Crippen molar-refractivity contribution in [2.45, 2.75) is 13.0 Å². The molecule has 1 aromatic rings. The van der Waals surface area contributed by atoms with Crippen molar-refractivity contribution in [1.29, 1.82) is 0 Å². The topological polar surface area (TPSA) is 42.1 Å². The van der Waals surface area contributed by atoms with Crippen molar-refractivity contribution < 1.29 is 4.39 Å². The fourth-order valence-electron chi connectivity index (χ4n) is 1.03. The van der Waals surface area contributed by atoms with E-state index in [2.05, 4.69) is 4.98 Å². The van der Waals surface area contributed by atoms with Crippen LogP contribution in [0.15, 0.2) is 12.3 Å². The molecule has 0 fully saturated rings. The fourth-order valence-corrected chi connectivity index (χ4v) is 1.18. The van der Waals surface area contributed by atoms with E-state index in [0.29, 0.717) is 11.6 Å². The standard InChI is InChI=1S/C9H13ClFN3/c1-6(4-12)14(2)9-8(11)3-7(10)5-13-9/h3,5-6H,4,12H2,1-2H3. The van der Waals surface area contributed by atoms with Crippen molar-refractivity contribution in [2.24, 2.45) is 5.73 Å². The molecule has 5 heteroatoms. The lowest BCUT2D eigenvalue weighted by molar-refractivity contribution is 0.598. The highest BCUT2D eigenvalue weighted by atomic mass is 35.5. The Labute approximate surface area is 87.7 Å². The van der Waals surface area contributed by atoms with Crippen LogP contribution in [0.1, 0.15) is 6.92 Å². The predicted octanol–water partition coefficient (Wildman–Crippen LogP) is 1.66. The predicted molar refractivity (Wildman–Crippen MR) is 56.1 cm³/mol. The molecule has 0 aliphatic rings. The molecule has 3 nitrogen and oxygen atoms in total. The van der Waals surface area contributed by atoms with E-state index in [4.69, 9.17) is 17.3 Å². The van der Waals surface area contributed by atoms with Gasteiger partial charge in [-0.05, 0) is 13.0 Å². The number of halogens is 2. The molecule has 2 N–H and O–H groups in total. The molecule has 0 amide bonds. The van der Waals surface area contributed by atoms with Crippen LogP contribution in [0.2, 0.25) is 5.02 Å². The number of nitrogens with zero attached hydrogens (tertiary/aromatic N) is 2. The third-order valence-electron chi connectivity index (χ3n) is 2.12. The van der Waals surface area contributed by atoms with Gasteiger partial charge < -0.3 is 10.6 Å². The number of aromatic nitrogens is 1. The molecule has 14 heavy (non-hydrogen) atoms. The molecule has 0 radical (unpaired) electrons. The van der Waals surface area contributed by atoms with Gasteiger partial charge in [0.15, 0.2) is 11.6 Å². The quantitative estimate of drug-likeness (QED) is 0.838. The van der Waals surface area contributed by atoms with Crippen LogP contribution >= 0.6 is 11.6 Å². The smallest absolute Gasteiger partial charge is 0.167 e. The molecule has 0 aliphatic heterocycles. The van der Waals surface area contributed by atoms with Crippen LogP contribution in [-0.2, 0) is 0 Å². The molecule has 78 valence electrons. The molecule has 0 saturated heterocycles. The lowest BCUT2D eigenvalue weighted by Gasteiger charge is -2.24. The minimum absolute atomic E-state index is 0.0400. The normalized spacial score (nSPS) is 12.6. The molecule has 0 aromatic carbocycles. The second-order valence-corrected chi connectivity index (χ2v) is 3.59. The van der Waals surface area contributed by atoms with Crippen LogP contribution in [0.4, 0.5) is 10.2 Å². The van der Waals surface area contributed by atoms with Crippen molar-refractivity contribution in [3.8, 4) is 0 Å². The van der Waals surface area contributed by atoms with Gasteiger partial charge in [-0.25, -0.2) is 9.37 Å². The lowest BCUT2D eigenvalue weighted by Crippen LogP contribution is -2.36. The van der Waals surface area contributed by atoms with Crippen molar-refractivity contribution >= 4 is 17.4 Å². The summed E-state index contributed by atoms with van der Waals surface area (Å²) in [4.78, 5) is 5.60. The summed E-state index contributed by atoms with van der Waals surface area (Å²) in [5.41, 5.74) is 5.47. The molecule has 1 rings (SSSR count). The molecule has 0 aliphatic carbocycles. The summed E-state index contributed by atoms with van der Waals surface area (Å²) in [6, 6.07) is 1.28. The fraction of sp³-hybridized carbons (Fsp3) is 0.444. The highest BCUT2D eigenvalue weighted by Gasteiger charge is 2.14. The van der Waals surface area contributed by atoms with Crippen LogP contribution in [0.5, 0.6) is 0 Å². The average molecular weight is 218 g/mol. The van der Waals surface area contributed by atoms with E-state index in [0.717, 1.165) is 0 Å².